The summed E-state index contributed by atoms with van der Waals surface area (Å²) in [6.45, 7) is 37.9. The largest absolute Gasteiger partial charge is 0.457 e. The van der Waals surface area contributed by atoms with Gasteiger partial charge in [0.25, 0.3) is 0 Å². The molecule has 3 heterocycles. The molecule has 1 aliphatic rings. The minimum atomic E-state index is -0.231. The van der Waals surface area contributed by atoms with Crippen LogP contribution < -0.4 is 14.5 Å². The van der Waals surface area contributed by atoms with E-state index in [9.17, 15) is 0 Å². The number of fused-ring (bicyclic) bond motifs is 4. The van der Waals surface area contributed by atoms with Gasteiger partial charge in [0, 0.05) is 45.9 Å². The molecule has 1 aliphatic heterocycles. The average molecular weight is 991 g/mol. The monoisotopic (exact) mass is 991 g/mol. The van der Waals surface area contributed by atoms with Crippen LogP contribution in [-0.4, -0.2) is 16.2 Å². The summed E-state index contributed by atoms with van der Waals surface area (Å²) in [7, 11) is 0. The molecule has 10 rings (SSSR count). The SMILES string of the molecule is CC(C)c1ccccc1-c1cc(Oc2ccc3c4ccccc4n(-c4cc(C(C)(C)c5ccccc5)ccn4)c3c2)cc(N2CN(c3cc(C(C)(C)C)cc(C(C)(C)C)c3)c3cc(C(C)(C)C)c(C(C)(C)C)cc32)c1. The zero-order valence-electron chi connectivity index (χ0n) is 47.6. The Balaban J connectivity index is 1.16. The fourth-order valence-electron chi connectivity index (χ4n) is 11.2. The first-order valence-electron chi connectivity index (χ1n) is 27.2. The van der Waals surface area contributed by atoms with Gasteiger partial charge in [-0.05, 0) is 144 Å². The number of pyridine rings is 1. The number of ether oxygens (including phenoxy) is 1. The van der Waals surface area contributed by atoms with Gasteiger partial charge in [0.1, 0.15) is 24.0 Å². The summed E-state index contributed by atoms with van der Waals surface area (Å²) >= 11 is 0. The number of hydrogen-bond donors (Lipinski definition) is 0. The summed E-state index contributed by atoms with van der Waals surface area (Å²) in [6, 6.07) is 58.4. The normalized spacial score (nSPS) is 13.6. The molecule has 0 radical (unpaired) electrons. The van der Waals surface area contributed by atoms with E-state index in [1.165, 1.54) is 67.0 Å². The van der Waals surface area contributed by atoms with E-state index in [1.807, 2.05) is 6.20 Å². The summed E-state index contributed by atoms with van der Waals surface area (Å²) < 4.78 is 9.55. The first kappa shape index (κ1) is 51.4. The fourth-order valence-corrected chi connectivity index (χ4v) is 11.2. The third kappa shape index (κ3) is 9.76. The van der Waals surface area contributed by atoms with Gasteiger partial charge in [-0.1, -0.05) is 190 Å². The minimum absolute atomic E-state index is 0.0352. The van der Waals surface area contributed by atoms with Crippen molar-refractivity contribution in [3.8, 4) is 28.4 Å². The highest BCUT2D eigenvalue weighted by atomic mass is 16.5. The molecule has 0 N–H and O–H groups in total. The highest BCUT2D eigenvalue weighted by Gasteiger charge is 2.36. The number of nitrogens with zero attached hydrogens (tertiary/aromatic N) is 4. The van der Waals surface area contributed by atoms with Crippen LogP contribution in [0, 0.1) is 0 Å². The van der Waals surface area contributed by atoms with E-state index in [1.54, 1.807) is 0 Å². The van der Waals surface area contributed by atoms with Gasteiger partial charge < -0.3 is 14.5 Å². The van der Waals surface area contributed by atoms with E-state index >= 15 is 0 Å². The number of aromatic nitrogens is 2. The lowest BCUT2D eigenvalue weighted by atomic mass is 9.74. The van der Waals surface area contributed by atoms with E-state index < -0.39 is 0 Å². The lowest BCUT2D eigenvalue weighted by Gasteiger charge is -2.32. The zero-order valence-corrected chi connectivity index (χ0v) is 47.6. The lowest BCUT2D eigenvalue weighted by molar-refractivity contribution is 0.483. The summed E-state index contributed by atoms with van der Waals surface area (Å²) in [5.41, 5.74) is 17.9. The fraction of sp³-hybridized carbons (Fsp3) is 0.329. The van der Waals surface area contributed by atoms with Crippen LogP contribution in [0.4, 0.5) is 22.7 Å². The van der Waals surface area contributed by atoms with Gasteiger partial charge in [-0.15, -0.1) is 0 Å². The Morgan fingerprint density at radius 1 is 0.453 bits per heavy atom. The Kier molecular flexibility index (Phi) is 12.8. The standard InChI is InChI=1S/C70H78N4O/c1-45(2)55-26-20-21-27-56(55)46-34-51(72-44-73(52-37-49(66(3,4)5)36-50(38-52)67(6,7)8)64-43-60(69(12,13)14)59(42-63(64)72)68(9,10)11)40-54(35-46)75-53-30-31-58-57-28-22-23-29-61(57)74(62(58)41-53)65-39-48(32-33-71-65)70(15,16)47-24-18-17-19-25-47/h17-43,45H,44H2,1-16H3. The number of rotatable bonds is 9. The van der Waals surface area contributed by atoms with Crippen LogP contribution in [0.25, 0.3) is 38.8 Å². The molecule has 0 aliphatic carbocycles. The van der Waals surface area contributed by atoms with E-state index in [0.717, 1.165) is 45.0 Å². The Labute approximate surface area is 448 Å². The van der Waals surface area contributed by atoms with Crippen LogP contribution in [0.15, 0.2) is 164 Å². The molecule has 384 valence electrons. The molecule has 0 atom stereocenters. The minimum Gasteiger partial charge on any atom is -0.457 e. The van der Waals surface area contributed by atoms with E-state index in [-0.39, 0.29) is 27.1 Å². The van der Waals surface area contributed by atoms with Crippen molar-refractivity contribution >= 4 is 44.6 Å². The lowest BCUT2D eigenvalue weighted by Crippen LogP contribution is -2.25. The molecular formula is C70H78N4O. The number of anilines is 4. The van der Waals surface area contributed by atoms with Crippen LogP contribution in [0.1, 0.15) is 156 Å². The van der Waals surface area contributed by atoms with Gasteiger partial charge in [-0.25, -0.2) is 4.98 Å². The smallest absolute Gasteiger partial charge is 0.137 e. The molecular weight excluding hydrogens is 913 g/mol. The molecule has 9 aromatic rings. The van der Waals surface area contributed by atoms with Crippen molar-refractivity contribution in [3.05, 3.63) is 203 Å². The molecule has 0 fully saturated rings. The maximum Gasteiger partial charge on any atom is 0.137 e. The Hall–Kier alpha value is -7.11. The predicted molar refractivity (Wildman–Crippen MR) is 320 cm³/mol. The summed E-state index contributed by atoms with van der Waals surface area (Å²) in [4.78, 5) is 10.2. The molecule has 75 heavy (non-hydrogen) atoms. The third-order valence-corrected chi connectivity index (χ3v) is 15.7. The second-order valence-corrected chi connectivity index (χ2v) is 26.1. The van der Waals surface area contributed by atoms with Crippen molar-refractivity contribution in [2.75, 3.05) is 16.5 Å². The number of para-hydroxylation sites is 1. The van der Waals surface area contributed by atoms with E-state index in [2.05, 4.69) is 283 Å². The van der Waals surface area contributed by atoms with Crippen LogP contribution in [0.5, 0.6) is 11.5 Å². The van der Waals surface area contributed by atoms with Gasteiger partial charge in [-0.2, -0.15) is 0 Å². The summed E-state index contributed by atoms with van der Waals surface area (Å²) in [6.07, 6.45) is 1.95. The first-order chi connectivity index (χ1) is 35.3. The molecule has 0 bridgehead atoms. The maximum atomic E-state index is 7.25. The summed E-state index contributed by atoms with van der Waals surface area (Å²) in [5, 5.41) is 2.32. The number of benzene rings is 7. The van der Waals surface area contributed by atoms with Crippen molar-refractivity contribution in [2.45, 2.75) is 144 Å². The van der Waals surface area contributed by atoms with Gasteiger partial charge in [0.2, 0.25) is 0 Å². The highest BCUT2D eigenvalue weighted by Crippen LogP contribution is 2.52. The van der Waals surface area contributed by atoms with Gasteiger partial charge in [-0.3, -0.25) is 4.57 Å². The molecule has 0 unspecified atom stereocenters. The second kappa shape index (κ2) is 18.6. The van der Waals surface area contributed by atoms with Crippen LogP contribution in [-0.2, 0) is 27.1 Å². The van der Waals surface area contributed by atoms with Crippen molar-refractivity contribution in [1.82, 2.24) is 9.55 Å². The van der Waals surface area contributed by atoms with Crippen molar-refractivity contribution in [1.29, 1.82) is 0 Å². The molecule has 0 spiro atoms. The molecule has 7 aromatic carbocycles. The van der Waals surface area contributed by atoms with Crippen molar-refractivity contribution in [3.63, 3.8) is 0 Å². The predicted octanol–water partition coefficient (Wildman–Crippen LogP) is 19.5. The topological polar surface area (TPSA) is 33.5 Å². The van der Waals surface area contributed by atoms with Crippen LogP contribution in [0.2, 0.25) is 0 Å². The van der Waals surface area contributed by atoms with Crippen LogP contribution >= 0.6 is 0 Å². The number of hydrogen-bond acceptors (Lipinski definition) is 4. The van der Waals surface area contributed by atoms with Crippen LogP contribution in [0.3, 0.4) is 0 Å². The van der Waals surface area contributed by atoms with Gasteiger partial charge in [0.15, 0.2) is 0 Å². The third-order valence-electron chi connectivity index (χ3n) is 15.7. The Bertz CT molecular complexity index is 3570. The highest BCUT2D eigenvalue weighted by molar-refractivity contribution is 6.09. The Morgan fingerprint density at radius 2 is 1.03 bits per heavy atom. The van der Waals surface area contributed by atoms with Gasteiger partial charge >= 0.3 is 0 Å². The van der Waals surface area contributed by atoms with Crippen molar-refractivity contribution in [2.24, 2.45) is 0 Å². The molecule has 0 amide bonds. The molecule has 0 saturated heterocycles. The molecule has 0 saturated carbocycles. The molecule has 5 nitrogen and oxygen atoms in total. The Morgan fingerprint density at radius 3 is 1.64 bits per heavy atom. The van der Waals surface area contributed by atoms with Gasteiger partial charge in [0.05, 0.1) is 22.4 Å². The van der Waals surface area contributed by atoms with E-state index in [4.69, 9.17) is 9.72 Å². The quantitative estimate of drug-likeness (QED) is 0.144. The molecule has 5 heteroatoms. The average Bonchev–Trinajstić information content (AvgIpc) is 3.91. The maximum absolute atomic E-state index is 7.25. The molecule has 2 aromatic heterocycles. The second-order valence-electron chi connectivity index (χ2n) is 26.1. The van der Waals surface area contributed by atoms with E-state index in [0.29, 0.717) is 12.6 Å². The van der Waals surface area contributed by atoms with Crippen molar-refractivity contribution < 1.29 is 4.74 Å². The first-order valence-corrected chi connectivity index (χ1v) is 27.2. The zero-order chi connectivity index (χ0) is 53.6. The summed E-state index contributed by atoms with van der Waals surface area (Å²) in [5.74, 6) is 2.73.